The third kappa shape index (κ3) is 4.30. The van der Waals surface area contributed by atoms with Gasteiger partial charge in [0.1, 0.15) is 5.58 Å². The number of hydrogen-bond acceptors (Lipinski definition) is 6. The molecule has 0 bridgehead atoms. The predicted molar refractivity (Wildman–Crippen MR) is 102 cm³/mol. The minimum absolute atomic E-state index is 0.0612. The lowest BCUT2D eigenvalue weighted by Crippen LogP contribution is -2.42. The maximum atomic E-state index is 12.3. The molecule has 8 heteroatoms. The first-order valence-electron chi connectivity index (χ1n) is 9.21. The molecule has 28 heavy (non-hydrogen) atoms. The van der Waals surface area contributed by atoms with E-state index in [9.17, 15) is 14.4 Å². The molecule has 1 saturated heterocycles. The van der Waals surface area contributed by atoms with Crippen LogP contribution < -0.4 is 0 Å². The number of benzene rings is 1. The van der Waals surface area contributed by atoms with Crippen molar-refractivity contribution in [3.63, 3.8) is 0 Å². The fourth-order valence-electron chi connectivity index (χ4n) is 3.30. The van der Waals surface area contributed by atoms with E-state index in [2.05, 4.69) is 0 Å². The van der Waals surface area contributed by atoms with Gasteiger partial charge in [0.15, 0.2) is 6.61 Å². The molecule has 1 amide bonds. The lowest BCUT2D eigenvalue weighted by Gasteiger charge is -2.30. The molecule has 2 heterocycles. The number of rotatable bonds is 5. The third-order valence-electron chi connectivity index (χ3n) is 4.88. The van der Waals surface area contributed by atoms with Gasteiger partial charge in [0.25, 0.3) is 5.91 Å². The summed E-state index contributed by atoms with van der Waals surface area (Å²) in [6.45, 7) is 4.34. The number of furan rings is 1. The fraction of sp³-hybridized carbons (Fsp3) is 0.450. The molecule has 1 aliphatic heterocycles. The van der Waals surface area contributed by atoms with Crippen LogP contribution in [0.25, 0.3) is 11.0 Å². The Hall–Kier alpha value is -2.54. The first-order valence-corrected chi connectivity index (χ1v) is 9.58. The Morgan fingerprint density at radius 2 is 1.93 bits per heavy atom. The van der Waals surface area contributed by atoms with E-state index in [0.717, 1.165) is 5.39 Å². The maximum Gasteiger partial charge on any atom is 0.375 e. The van der Waals surface area contributed by atoms with E-state index in [1.165, 1.54) is 0 Å². The van der Waals surface area contributed by atoms with E-state index in [-0.39, 0.29) is 30.2 Å². The van der Waals surface area contributed by atoms with E-state index in [4.69, 9.17) is 25.5 Å². The van der Waals surface area contributed by atoms with Crippen molar-refractivity contribution in [2.75, 3.05) is 26.3 Å². The average Bonchev–Trinajstić information content (AvgIpc) is 3.02. The molecule has 1 aromatic carbocycles. The summed E-state index contributed by atoms with van der Waals surface area (Å²) in [5, 5.41) is 1.27. The number of halogens is 1. The zero-order valence-electron chi connectivity index (χ0n) is 15.8. The molecule has 0 atom stereocenters. The number of carbonyl (C=O) groups excluding carboxylic acids is 3. The van der Waals surface area contributed by atoms with Crippen molar-refractivity contribution in [3.05, 3.63) is 34.5 Å². The number of fused-ring (bicyclic) bond motifs is 1. The summed E-state index contributed by atoms with van der Waals surface area (Å²) >= 11 is 5.98. The molecule has 7 nitrogen and oxygen atoms in total. The molecule has 1 aromatic heterocycles. The molecular formula is C20H22ClNO6. The zero-order valence-corrected chi connectivity index (χ0v) is 16.6. The molecule has 0 aliphatic carbocycles. The second kappa shape index (κ2) is 8.65. The smallest absolute Gasteiger partial charge is 0.375 e. The quantitative estimate of drug-likeness (QED) is 0.706. The van der Waals surface area contributed by atoms with Gasteiger partial charge in [-0.1, -0.05) is 11.6 Å². The van der Waals surface area contributed by atoms with E-state index >= 15 is 0 Å². The number of esters is 2. The fourth-order valence-corrected chi connectivity index (χ4v) is 3.47. The van der Waals surface area contributed by atoms with Crippen molar-refractivity contribution in [3.8, 4) is 0 Å². The number of ether oxygens (including phenoxy) is 2. The van der Waals surface area contributed by atoms with Crippen LogP contribution in [0.3, 0.4) is 0 Å². The van der Waals surface area contributed by atoms with Crippen LogP contribution in [0.15, 0.2) is 22.6 Å². The summed E-state index contributed by atoms with van der Waals surface area (Å²) < 4.78 is 15.7. The minimum atomic E-state index is -0.695. The molecule has 0 N–H and O–H groups in total. The summed E-state index contributed by atoms with van der Waals surface area (Å²) in [6.07, 6.45) is 1.09. The summed E-state index contributed by atoms with van der Waals surface area (Å²) in [4.78, 5) is 38.0. The molecule has 3 rings (SSSR count). The van der Waals surface area contributed by atoms with Crippen molar-refractivity contribution in [2.45, 2.75) is 26.7 Å². The van der Waals surface area contributed by atoms with Crippen molar-refractivity contribution < 1.29 is 28.3 Å². The van der Waals surface area contributed by atoms with E-state index in [1.807, 2.05) is 0 Å². The molecule has 0 saturated carbocycles. The Labute approximate surface area is 167 Å². The molecule has 0 unspecified atom stereocenters. The van der Waals surface area contributed by atoms with Crippen LogP contribution in [0.1, 0.15) is 35.9 Å². The van der Waals surface area contributed by atoms with Crippen molar-refractivity contribution >= 4 is 40.4 Å². The van der Waals surface area contributed by atoms with Gasteiger partial charge in [-0.25, -0.2) is 4.79 Å². The normalized spacial score (nSPS) is 14.9. The summed E-state index contributed by atoms with van der Waals surface area (Å²) in [5.74, 6) is -1.34. The van der Waals surface area contributed by atoms with Crippen LogP contribution in [0, 0.1) is 12.8 Å². The Kier molecular flexibility index (Phi) is 6.24. The predicted octanol–water partition coefficient (Wildman–Crippen LogP) is 3.35. The van der Waals surface area contributed by atoms with Gasteiger partial charge in [0.2, 0.25) is 5.76 Å². The Balaban J connectivity index is 1.54. The summed E-state index contributed by atoms with van der Waals surface area (Å²) in [7, 11) is 0. The van der Waals surface area contributed by atoms with Crippen molar-refractivity contribution in [1.82, 2.24) is 4.90 Å². The van der Waals surface area contributed by atoms with Gasteiger partial charge in [-0.2, -0.15) is 0 Å². The second-order valence-corrected chi connectivity index (χ2v) is 7.12. The van der Waals surface area contributed by atoms with E-state index < -0.39 is 5.97 Å². The van der Waals surface area contributed by atoms with E-state index in [0.29, 0.717) is 48.7 Å². The Morgan fingerprint density at radius 1 is 1.21 bits per heavy atom. The van der Waals surface area contributed by atoms with Crippen LogP contribution in [0.2, 0.25) is 5.02 Å². The van der Waals surface area contributed by atoms with Gasteiger partial charge in [-0.3, -0.25) is 9.59 Å². The molecule has 1 aliphatic rings. The number of piperidine rings is 1. The SMILES string of the molecule is CCOC(=O)C1CCN(C(=O)COC(=O)c2oc3ccc(Cl)cc3c2C)CC1. The lowest BCUT2D eigenvalue weighted by atomic mass is 9.97. The van der Waals surface area contributed by atoms with Gasteiger partial charge in [0, 0.05) is 29.1 Å². The standard InChI is InChI=1S/C20H22ClNO6/c1-3-26-19(24)13-6-8-22(9-7-13)17(23)11-27-20(25)18-12(2)15-10-14(21)4-5-16(15)28-18/h4-5,10,13H,3,6-9,11H2,1-2H3. The Morgan fingerprint density at radius 3 is 2.61 bits per heavy atom. The number of aryl methyl sites for hydroxylation is 1. The van der Waals surface area contributed by atoms with Gasteiger partial charge in [0.05, 0.1) is 12.5 Å². The van der Waals surface area contributed by atoms with Gasteiger partial charge >= 0.3 is 11.9 Å². The summed E-state index contributed by atoms with van der Waals surface area (Å²) in [5.41, 5.74) is 1.14. The van der Waals surface area contributed by atoms with Crippen molar-refractivity contribution in [2.24, 2.45) is 5.92 Å². The highest BCUT2D eigenvalue weighted by molar-refractivity contribution is 6.31. The van der Waals surface area contributed by atoms with Gasteiger partial charge in [-0.15, -0.1) is 0 Å². The van der Waals surface area contributed by atoms with Crippen LogP contribution in [0.4, 0.5) is 0 Å². The lowest BCUT2D eigenvalue weighted by molar-refractivity contribution is -0.151. The highest BCUT2D eigenvalue weighted by Gasteiger charge is 2.29. The number of likely N-dealkylation sites (tertiary alicyclic amines) is 1. The van der Waals surface area contributed by atoms with Gasteiger partial charge < -0.3 is 18.8 Å². The monoisotopic (exact) mass is 407 g/mol. The zero-order chi connectivity index (χ0) is 20.3. The van der Waals surface area contributed by atoms with Gasteiger partial charge in [-0.05, 0) is 44.9 Å². The van der Waals surface area contributed by atoms with Crippen molar-refractivity contribution in [1.29, 1.82) is 0 Å². The highest BCUT2D eigenvalue weighted by Crippen LogP contribution is 2.28. The van der Waals surface area contributed by atoms with Crippen LogP contribution in [-0.2, 0) is 19.1 Å². The Bertz CT molecular complexity index is 897. The first kappa shape index (κ1) is 20.2. The molecule has 0 spiro atoms. The topological polar surface area (TPSA) is 86.0 Å². The molecule has 2 aromatic rings. The largest absolute Gasteiger partial charge is 0.466 e. The van der Waals surface area contributed by atoms with Crippen LogP contribution in [-0.4, -0.2) is 49.0 Å². The first-order chi connectivity index (χ1) is 13.4. The highest BCUT2D eigenvalue weighted by atomic mass is 35.5. The molecule has 0 radical (unpaired) electrons. The molecule has 150 valence electrons. The third-order valence-corrected chi connectivity index (χ3v) is 5.11. The van der Waals surface area contributed by atoms with Crippen LogP contribution in [0.5, 0.6) is 0 Å². The minimum Gasteiger partial charge on any atom is -0.466 e. The van der Waals surface area contributed by atoms with E-state index in [1.54, 1.807) is 36.9 Å². The number of amides is 1. The molecule has 1 fully saturated rings. The summed E-state index contributed by atoms with van der Waals surface area (Å²) in [6, 6.07) is 5.07. The average molecular weight is 408 g/mol. The maximum absolute atomic E-state index is 12.3. The number of carbonyl (C=O) groups is 3. The second-order valence-electron chi connectivity index (χ2n) is 6.68. The number of nitrogens with zero attached hydrogens (tertiary/aromatic N) is 1. The molecular weight excluding hydrogens is 386 g/mol. The van der Waals surface area contributed by atoms with Crippen LogP contribution >= 0.6 is 11.6 Å². The number of hydrogen-bond donors (Lipinski definition) is 0.